The summed E-state index contributed by atoms with van der Waals surface area (Å²) in [6.07, 6.45) is 0. The van der Waals surface area contributed by atoms with Gasteiger partial charge in [-0.2, -0.15) is 0 Å². The Morgan fingerprint density at radius 1 is 1.10 bits per heavy atom. The van der Waals surface area contributed by atoms with Crippen LogP contribution >= 0.6 is 43.5 Å². The van der Waals surface area contributed by atoms with Gasteiger partial charge in [0.05, 0.1) is 6.54 Å². The highest BCUT2D eigenvalue weighted by Crippen LogP contribution is 2.25. The van der Waals surface area contributed by atoms with Crippen LogP contribution in [-0.4, -0.2) is 12.5 Å². The maximum Gasteiger partial charge on any atom is 0.243 e. The fourth-order valence-electron chi connectivity index (χ4n) is 1.55. The van der Waals surface area contributed by atoms with E-state index in [4.69, 9.17) is 11.6 Å². The molecule has 0 bridgehead atoms. The van der Waals surface area contributed by atoms with Gasteiger partial charge in [0, 0.05) is 25.3 Å². The van der Waals surface area contributed by atoms with Crippen molar-refractivity contribution in [1.82, 2.24) is 0 Å². The van der Waals surface area contributed by atoms with E-state index in [2.05, 4.69) is 42.5 Å². The van der Waals surface area contributed by atoms with Crippen molar-refractivity contribution in [3.8, 4) is 0 Å². The molecule has 2 rings (SSSR count). The first kappa shape index (κ1) is 15.4. The molecule has 2 aromatic rings. The first-order valence-electron chi connectivity index (χ1n) is 5.79. The van der Waals surface area contributed by atoms with Gasteiger partial charge in [0.1, 0.15) is 0 Å². The van der Waals surface area contributed by atoms with E-state index in [1.807, 2.05) is 18.2 Å². The molecule has 3 nitrogen and oxygen atoms in total. The largest absolute Gasteiger partial charge is 0.375 e. The maximum atomic E-state index is 11.8. The molecule has 2 aromatic carbocycles. The number of hydrogen-bond acceptors (Lipinski definition) is 2. The molecule has 0 radical (unpaired) electrons. The van der Waals surface area contributed by atoms with Crippen molar-refractivity contribution < 1.29 is 4.79 Å². The van der Waals surface area contributed by atoms with Crippen LogP contribution in [-0.2, 0) is 4.79 Å². The van der Waals surface area contributed by atoms with Crippen molar-refractivity contribution in [2.45, 2.75) is 0 Å². The average molecular weight is 419 g/mol. The van der Waals surface area contributed by atoms with Crippen LogP contribution < -0.4 is 10.6 Å². The maximum absolute atomic E-state index is 11.8. The number of anilines is 2. The number of benzene rings is 2. The molecular formula is C14H11Br2ClN2O. The summed E-state index contributed by atoms with van der Waals surface area (Å²) in [7, 11) is 0. The van der Waals surface area contributed by atoms with Gasteiger partial charge in [0.2, 0.25) is 5.91 Å². The normalized spacial score (nSPS) is 10.2. The van der Waals surface area contributed by atoms with Crippen LogP contribution in [0.5, 0.6) is 0 Å². The van der Waals surface area contributed by atoms with Crippen molar-refractivity contribution in [1.29, 1.82) is 0 Å². The Morgan fingerprint density at radius 2 is 1.80 bits per heavy atom. The number of hydrogen-bond donors (Lipinski definition) is 2. The minimum absolute atomic E-state index is 0.126. The van der Waals surface area contributed by atoms with Crippen LogP contribution in [0.1, 0.15) is 0 Å². The first-order valence-corrected chi connectivity index (χ1v) is 7.75. The van der Waals surface area contributed by atoms with Gasteiger partial charge in [0.25, 0.3) is 0 Å². The zero-order chi connectivity index (χ0) is 14.5. The SMILES string of the molecule is O=C(CNc1cc(Br)ccc1Br)Nc1ccc(Cl)cc1. The molecule has 0 unspecified atom stereocenters. The summed E-state index contributed by atoms with van der Waals surface area (Å²) in [5, 5.41) is 6.49. The van der Waals surface area contributed by atoms with E-state index >= 15 is 0 Å². The van der Waals surface area contributed by atoms with Gasteiger partial charge in [-0.1, -0.05) is 27.5 Å². The van der Waals surface area contributed by atoms with Gasteiger partial charge >= 0.3 is 0 Å². The van der Waals surface area contributed by atoms with E-state index in [1.54, 1.807) is 24.3 Å². The molecule has 0 aliphatic heterocycles. The molecule has 2 N–H and O–H groups in total. The first-order chi connectivity index (χ1) is 9.54. The van der Waals surface area contributed by atoms with Gasteiger partial charge in [-0.3, -0.25) is 4.79 Å². The second kappa shape index (κ2) is 7.11. The second-order valence-corrected chi connectivity index (χ2v) is 6.24. The fourth-order valence-corrected chi connectivity index (χ4v) is 2.42. The standard InChI is InChI=1S/C14H11Br2ClN2O/c15-9-1-6-12(16)13(7-9)18-8-14(20)19-11-4-2-10(17)3-5-11/h1-7,18H,8H2,(H,19,20). The molecular weight excluding hydrogens is 407 g/mol. The van der Waals surface area contributed by atoms with E-state index in [-0.39, 0.29) is 12.5 Å². The van der Waals surface area contributed by atoms with Crippen molar-refractivity contribution >= 4 is 60.7 Å². The summed E-state index contributed by atoms with van der Waals surface area (Å²) < 4.78 is 1.85. The van der Waals surface area contributed by atoms with Crippen LogP contribution in [0.4, 0.5) is 11.4 Å². The molecule has 0 spiro atoms. The van der Waals surface area contributed by atoms with Crippen molar-refractivity contribution in [3.05, 3.63) is 56.4 Å². The van der Waals surface area contributed by atoms with Gasteiger partial charge in [-0.05, 0) is 58.4 Å². The number of amides is 1. The minimum atomic E-state index is -0.126. The van der Waals surface area contributed by atoms with Crippen LogP contribution in [0, 0.1) is 0 Å². The minimum Gasteiger partial charge on any atom is -0.375 e. The number of carbonyl (C=O) groups is 1. The predicted octanol–water partition coefficient (Wildman–Crippen LogP) is 4.92. The summed E-state index contributed by atoms with van der Waals surface area (Å²) in [5.41, 5.74) is 1.57. The third kappa shape index (κ3) is 4.51. The quantitative estimate of drug-likeness (QED) is 0.740. The molecule has 20 heavy (non-hydrogen) atoms. The van der Waals surface area contributed by atoms with Gasteiger partial charge < -0.3 is 10.6 Å². The number of nitrogens with one attached hydrogen (secondary N) is 2. The fraction of sp³-hybridized carbons (Fsp3) is 0.0714. The molecule has 1 amide bonds. The molecule has 0 aliphatic rings. The second-order valence-electron chi connectivity index (χ2n) is 4.03. The zero-order valence-corrected chi connectivity index (χ0v) is 14.2. The average Bonchev–Trinajstić information content (AvgIpc) is 2.42. The van der Waals surface area contributed by atoms with E-state index < -0.39 is 0 Å². The van der Waals surface area contributed by atoms with Crippen molar-refractivity contribution in [2.24, 2.45) is 0 Å². The third-order valence-corrected chi connectivity index (χ3v) is 3.93. The lowest BCUT2D eigenvalue weighted by atomic mass is 10.3. The molecule has 0 atom stereocenters. The molecule has 6 heteroatoms. The van der Waals surface area contributed by atoms with E-state index in [1.165, 1.54) is 0 Å². The highest BCUT2D eigenvalue weighted by Gasteiger charge is 2.05. The molecule has 0 saturated heterocycles. The number of carbonyl (C=O) groups excluding carboxylic acids is 1. The van der Waals surface area contributed by atoms with Gasteiger partial charge in [-0.15, -0.1) is 0 Å². The topological polar surface area (TPSA) is 41.1 Å². The van der Waals surface area contributed by atoms with Crippen LogP contribution in [0.3, 0.4) is 0 Å². The van der Waals surface area contributed by atoms with Crippen LogP contribution in [0.2, 0.25) is 5.02 Å². The lowest BCUT2D eigenvalue weighted by Crippen LogP contribution is -2.21. The molecule has 0 aromatic heterocycles. The Balaban J connectivity index is 1.92. The highest BCUT2D eigenvalue weighted by atomic mass is 79.9. The Morgan fingerprint density at radius 3 is 2.50 bits per heavy atom. The smallest absolute Gasteiger partial charge is 0.243 e. The van der Waals surface area contributed by atoms with Crippen LogP contribution in [0.15, 0.2) is 51.4 Å². The monoisotopic (exact) mass is 416 g/mol. The van der Waals surface area contributed by atoms with E-state index in [9.17, 15) is 4.79 Å². The number of rotatable bonds is 4. The number of halogens is 3. The molecule has 0 heterocycles. The summed E-state index contributed by atoms with van der Waals surface area (Å²) >= 11 is 12.6. The Bertz CT molecular complexity index is 617. The Hall–Kier alpha value is -1.04. The highest BCUT2D eigenvalue weighted by molar-refractivity contribution is 9.11. The van der Waals surface area contributed by atoms with Gasteiger partial charge in [0.15, 0.2) is 0 Å². The van der Waals surface area contributed by atoms with Crippen LogP contribution in [0.25, 0.3) is 0 Å². The zero-order valence-electron chi connectivity index (χ0n) is 10.3. The lowest BCUT2D eigenvalue weighted by molar-refractivity contribution is -0.114. The Kier molecular flexibility index (Phi) is 5.46. The molecule has 104 valence electrons. The molecule has 0 saturated carbocycles. The predicted molar refractivity (Wildman–Crippen MR) is 90.4 cm³/mol. The summed E-state index contributed by atoms with van der Waals surface area (Å²) in [6, 6.07) is 12.7. The molecule has 0 fully saturated rings. The van der Waals surface area contributed by atoms with Crippen molar-refractivity contribution in [2.75, 3.05) is 17.2 Å². The van der Waals surface area contributed by atoms with Gasteiger partial charge in [-0.25, -0.2) is 0 Å². The van der Waals surface area contributed by atoms with E-state index in [0.717, 1.165) is 20.3 Å². The van der Waals surface area contributed by atoms with Crippen molar-refractivity contribution in [3.63, 3.8) is 0 Å². The lowest BCUT2D eigenvalue weighted by Gasteiger charge is -2.10. The molecule has 0 aliphatic carbocycles. The third-order valence-electron chi connectivity index (χ3n) is 2.50. The Labute approximate surface area is 139 Å². The van der Waals surface area contributed by atoms with E-state index in [0.29, 0.717) is 5.02 Å². The summed E-state index contributed by atoms with van der Waals surface area (Å²) in [4.78, 5) is 11.8. The summed E-state index contributed by atoms with van der Waals surface area (Å²) in [6.45, 7) is 0.178. The summed E-state index contributed by atoms with van der Waals surface area (Å²) in [5.74, 6) is -0.126.